The normalized spacial score (nSPS) is 11.6. The van der Waals surface area contributed by atoms with Gasteiger partial charge in [-0.25, -0.2) is 9.78 Å². The Hall–Kier alpha value is -1.66. The lowest BCUT2D eigenvalue weighted by Gasteiger charge is -2.19. The number of fused-ring (bicyclic) bond motifs is 1. The first-order valence-corrected chi connectivity index (χ1v) is 8.28. The van der Waals surface area contributed by atoms with Crippen molar-refractivity contribution in [3.8, 4) is 0 Å². The minimum Gasteiger partial charge on any atom is -0.444 e. The van der Waals surface area contributed by atoms with Crippen LogP contribution in [0.4, 0.5) is 4.79 Å². The van der Waals surface area contributed by atoms with E-state index in [0.29, 0.717) is 6.54 Å². The number of nitrogens with one attached hydrogen (secondary N) is 2. The molecule has 1 amide bonds. The van der Waals surface area contributed by atoms with E-state index in [1.54, 1.807) is 11.3 Å². The molecule has 0 atom stereocenters. The van der Waals surface area contributed by atoms with Gasteiger partial charge in [0.2, 0.25) is 0 Å². The van der Waals surface area contributed by atoms with E-state index in [-0.39, 0.29) is 6.09 Å². The van der Waals surface area contributed by atoms with Crippen molar-refractivity contribution in [2.45, 2.75) is 39.3 Å². The van der Waals surface area contributed by atoms with E-state index in [2.05, 4.69) is 21.7 Å². The molecule has 2 rings (SSSR count). The summed E-state index contributed by atoms with van der Waals surface area (Å²) in [6, 6.07) is 8.14. The van der Waals surface area contributed by atoms with Gasteiger partial charge in [0.25, 0.3) is 0 Å². The van der Waals surface area contributed by atoms with Crippen LogP contribution in [0.3, 0.4) is 0 Å². The SMILES string of the molecule is CC(C)(C)OC(=O)NCCCNCc1nc2ccccc2s1. The van der Waals surface area contributed by atoms with E-state index >= 15 is 0 Å². The zero-order valence-electron chi connectivity index (χ0n) is 13.3. The highest BCUT2D eigenvalue weighted by Crippen LogP contribution is 2.21. The van der Waals surface area contributed by atoms with Crippen LogP contribution in [0, 0.1) is 0 Å². The molecule has 5 nitrogen and oxygen atoms in total. The van der Waals surface area contributed by atoms with Gasteiger partial charge in [-0.2, -0.15) is 0 Å². The number of aromatic nitrogens is 1. The Labute approximate surface area is 135 Å². The molecule has 2 aromatic rings. The number of para-hydroxylation sites is 1. The third-order valence-corrected chi connectivity index (χ3v) is 3.85. The van der Waals surface area contributed by atoms with Gasteiger partial charge in [-0.05, 0) is 45.9 Å². The van der Waals surface area contributed by atoms with E-state index in [1.165, 1.54) is 4.70 Å². The maximum absolute atomic E-state index is 11.5. The molecule has 0 spiro atoms. The molecular weight excluding hydrogens is 298 g/mol. The molecule has 0 saturated heterocycles. The summed E-state index contributed by atoms with van der Waals surface area (Å²) in [5.41, 5.74) is 0.603. The van der Waals surface area contributed by atoms with E-state index in [0.717, 1.165) is 30.0 Å². The van der Waals surface area contributed by atoms with E-state index < -0.39 is 5.60 Å². The highest BCUT2D eigenvalue weighted by molar-refractivity contribution is 7.18. The highest BCUT2D eigenvalue weighted by atomic mass is 32.1. The molecule has 120 valence electrons. The Bertz CT molecular complexity index is 586. The number of thiazole rings is 1. The molecule has 1 aromatic carbocycles. The zero-order valence-corrected chi connectivity index (χ0v) is 14.1. The summed E-state index contributed by atoms with van der Waals surface area (Å²) in [4.78, 5) is 16.0. The second-order valence-corrected chi connectivity index (χ2v) is 7.15. The molecule has 0 aliphatic carbocycles. The predicted molar refractivity (Wildman–Crippen MR) is 90.2 cm³/mol. The molecule has 6 heteroatoms. The summed E-state index contributed by atoms with van der Waals surface area (Å²) in [5, 5.41) is 7.17. The Balaban J connectivity index is 1.60. The number of carbonyl (C=O) groups is 1. The number of amides is 1. The molecule has 0 aliphatic heterocycles. The molecular formula is C16H23N3O2S. The van der Waals surface area contributed by atoms with Crippen molar-refractivity contribution in [1.29, 1.82) is 0 Å². The molecule has 0 aliphatic rings. The fraction of sp³-hybridized carbons (Fsp3) is 0.500. The van der Waals surface area contributed by atoms with Crippen molar-refractivity contribution < 1.29 is 9.53 Å². The second kappa shape index (κ2) is 7.56. The van der Waals surface area contributed by atoms with Crippen LogP contribution < -0.4 is 10.6 Å². The summed E-state index contributed by atoms with van der Waals surface area (Å²) in [6.45, 7) is 7.74. The smallest absolute Gasteiger partial charge is 0.407 e. The fourth-order valence-electron chi connectivity index (χ4n) is 1.91. The lowest BCUT2D eigenvalue weighted by Crippen LogP contribution is -2.33. The van der Waals surface area contributed by atoms with Crippen LogP contribution in [0.2, 0.25) is 0 Å². The van der Waals surface area contributed by atoms with Gasteiger partial charge in [-0.1, -0.05) is 12.1 Å². The summed E-state index contributed by atoms with van der Waals surface area (Å²) < 4.78 is 6.38. The lowest BCUT2D eigenvalue weighted by molar-refractivity contribution is 0.0527. The Morgan fingerprint density at radius 3 is 2.77 bits per heavy atom. The highest BCUT2D eigenvalue weighted by Gasteiger charge is 2.15. The summed E-state index contributed by atoms with van der Waals surface area (Å²) in [7, 11) is 0. The first-order valence-electron chi connectivity index (χ1n) is 7.46. The van der Waals surface area contributed by atoms with Crippen molar-refractivity contribution in [2.75, 3.05) is 13.1 Å². The molecule has 0 saturated carbocycles. The number of hydrogen-bond donors (Lipinski definition) is 2. The van der Waals surface area contributed by atoms with Gasteiger partial charge in [0.15, 0.2) is 0 Å². The minimum absolute atomic E-state index is 0.362. The number of benzene rings is 1. The molecule has 1 aromatic heterocycles. The van der Waals surface area contributed by atoms with Gasteiger partial charge in [-0.3, -0.25) is 0 Å². The van der Waals surface area contributed by atoms with Gasteiger partial charge >= 0.3 is 6.09 Å². The lowest BCUT2D eigenvalue weighted by atomic mass is 10.2. The topological polar surface area (TPSA) is 63.2 Å². The van der Waals surface area contributed by atoms with Crippen LogP contribution in [-0.4, -0.2) is 29.8 Å². The van der Waals surface area contributed by atoms with Crippen LogP contribution >= 0.6 is 11.3 Å². The monoisotopic (exact) mass is 321 g/mol. The average Bonchev–Trinajstić information content (AvgIpc) is 2.83. The first-order chi connectivity index (χ1) is 10.4. The van der Waals surface area contributed by atoms with E-state index in [4.69, 9.17) is 4.74 Å². The van der Waals surface area contributed by atoms with Crippen molar-refractivity contribution in [3.05, 3.63) is 29.3 Å². The third-order valence-electron chi connectivity index (χ3n) is 2.81. The number of rotatable bonds is 6. The Kier molecular flexibility index (Phi) is 5.74. The van der Waals surface area contributed by atoms with Crippen LogP contribution in [0.5, 0.6) is 0 Å². The van der Waals surface area contributed by atoms with Crippen molar-refractivity contribution >= 4 is 27.6 Å². The number of ether oxygens (including phenoxy) is 1. The van der Waals surface area contributed by atoms with Crippen molar-refractivity contribution in [3.63, 3.8) is 0 Å². The van der Waals surface area contributed by atoms with Gasteiger partial charge in [0.05, 0.1) is 10.2 Å². The van der Waals surface area contributed by atoms with Crippen LogP contribution in [0.15, 0.2) is 24.3 Å². The fourth-order valence-corrected chi connectivity index (χ4v) is 2.85. The maximum Gasteiger partial charge on any atom is 0.407 e. The van der Waals surface area contributed by atoms with Crippen LogP contribution in [-0.2, 0) is 11.3 Å². The summed E-state index contributed by atoms with van der Waals surface area (Å²) in [5.74, 6) is 0. The first kappa shape index (κ1) is 16.7. The zero-order chi connectivity index (χ0) is 16.0. The molecule has 0 fully saturated rings. The largest absolute Gasteiger partial charge is 0.444 e. The van der Waals surface area contributed by atoms with Gasteiger partial charge in [0.1, 0.15) is 10.6 Å². The van der Waals surface area contributed by atoms with Crippen LogP contribution in [0.25, 0.3) is 10.2 Å². The van der Waals surface area contributed by atoms with E-state index in [1.807, 2.05) is 39.0 Å². The third kappa shape index (κ3) is 5.61. The van der Waals surface area contributed by atoms with E-state index in [9.17, 15) is 4.79 Å². The second-order valence-electron chi connectivity index (χ2n) is 6.03. The molecule has 0 bridgehead atoms. The molecule has 0 radical (unpaired) electrons. The van der Waals surface area contributed by atoms with Crippen molar-refractivity contribution in [1.82, 2.24) is 15.6 Å². The quantitative estimate of drug-likeness (QED) is 0.801. The van der Waals surface area contributed by atoms with Crippen LogP contribution in [0.1, 0.15) is 32.2 Å². The maximum atomic E-state index is 11.5. The average molecular weight is 321 g/mol. The minimum atomic E-state index is -0.449. The molecule has 2 N–H and O–H groups in total. The number of hydrogen-bond acceptors (Lipinski definition) is 5. The number of nitrogens with zero attached hydrogens (tertiary/aromatic N) is 1. The summed E-state index contributed by atoms with van der Waals surface area (Å²) in [6.07, 6.45) is 0.489. The van der Waals surface area contributed by atoms with Gasteiger partial charge < -0.3 is 15.4 Å². The van der Waals surface area contributed by atoms with Crippen molar-refractivity contribution in [2.24, 2.45) is 0 Å². The van der Waals surface area contributed by atoms with Gasteiger partial charge in [-0.15, -0.1) is 11.3 Å². The molecule has 22 heavy (non-hydrogen) atoms. The Morgan fingerprint density at radius 1 is 1.27 bits per heavy atom. The Morgan fingerprint density at radius 2 is 2.05 bits per heavy atom. The van der Waals surface area contributed by atoms with Gasteiger partial charge in [0, 0.05) is 13.1 Å². The molecule has 0 unspecified atom stereocenters. The predicted octanol–water partition coefficient (Wildman–Crippen LogP) is 3.30. The number of alkyl carbamates (subject to hydrolysis) is 1. The summed E-state index contributed by atoms with van der Waals surface area (Å²) >= 11 is 1.71. The molecule has 1 heterocycles. The standard InChI is InChI=1S/C16H23N3O2S/c1-16(2,3)21-15(20)18-10-6-9-17-11-14-19-12-7-4-5-8-13(12)22-14/h4-5,7-8,17H,6,9-11H2,1-3H3,(H,18,20). The number of carbonyl (C=O) groups excluding carboxylic acids is 1.